The number of ether oxygens (including phenoxy) is 1. The Morgan fingerprint density at radius 3 is 2.71 bits per heavy atom. The molecule has 2 atom stereocenters. The van der Waals surface area contributed by atoms with E-state index >= 15 is 0 Å². The summed E-state index contributed by atoms with van der Waals surface area (Å²) in [6, 6.07) is 1.79. The van der Waals surface area contributed by atoms with Crippen LogP contribution in [0.5, 0.6) is 5.75 Å². The Bertz CT molecular complexity index is 437. The molecule has 0 amide bonds. The largest absolute Gasteiger partial charge is 0.495 e. The number of halogens is 2. The standard InChI is InChI=1S/C12H14Cl2O2S/c1-3-4-8-11(15)6-5-7(16-2)9(13)10(14)12(6)17-8/h5,8,11,15H,3-4H2,1-2H3. The van der Waals surface area contributed by atoms with Crippen LogP contribution in [0.15, 0.2) is 11.0 Å². The molecular formula is C12H14Cl2O2S. The van der Waals surface area contributed by atoms with E-state index in [1.165, 1.54) is 0 Å². The maximum Gasteiger partial charge on any atom is 0.139 e. The van der Waals surface area contributed by atoms with E-state index in [1.807, 2.05) is 0 Å². The molecule has 2 nitrogen and oxygen atoms in total. The van der Waals surface area contributed by atoms with Gasteiger partial charge in [-0.1, -0.05) is 36.5 Å². The number of thioether (sulfide) groups is 1. The second-order valence-electron chi connectivity index (χ2n) is 4.01. The van der Waals surface area contributed by atoms with E-state index in [0.717, 1.165) is 23.3 Å². The van der Waals surface area contributed by atoms with Crippen LogP contribution in [0.4, 0.5) is 0 Å². The van der Waals surface area contributed by atoms with Crippen molar-refractivity contribution in [2.75, 3.05) is 7.11 Å². The third-order valence-electron chi connectivity index (χ3n) is 2.89. The molecule has 2 rings (SSSR count). The molecule has 0 spiro atoms. The minimum Gasteiger partial charge on any atom is -0.495 e. The number of aliphatic hydroxyl groups excluding tert-OH is 1. The molecule has 2 unspecified atom stereocenters. The summed E-state index contributed by atoms with van der Waals surface area (Å²) in [5, 5.41) is 11.3. The van der Waals surface area contributed by atoms with E-state index in [2.05, 4.69) is 6.92 Å². The van der Waals surface area contributed by atoms with E-state index in [0.29, 0.717) is 15.8 Å². The Morgan fingerprint density at radius 2 is 2.12 bits per heavy atom. The quantitative estimate of drug-likeness (QED) is 0.900. The van der Waals surface area contributed by atoms with E-state index in [-0.39, 0.29) is 5.25 Å². The molecule has 0 aliphatic carbocycles. The van der Waals surface area contributed by atoms with Gasteiger partial charge < -0.3 is 9.84 Å². The van der Waals surface area contributed by atoms with E-state index in [9.17, 15) is 5.11 Å². The molecule has 0 saturated carbocycles. The predicted molar refractivity (Wildman–Crippen MR) is 72.5 cm³/mol. The molecule has 0 bridgehead atoms. The lowest BCUT2D eigenvalue weighted by atomic mass is 10.0. The summed E-state index contributed by atoms with van der Waals surface area (Å²) in [5.74, 6) is 0.521. The van der Waals surface area contributed by atoms with Crippen molar-refractivity contribution in [3.8, 4) is 5.75 Å². The van der Waals surface area contributed by atoms with Gasteiger partial charge in [-0.15, -0.1) is 11.8 Å². The van der Waals surface area contributed by atoms with Gasteiger partial charge in [0.2, 0.25) is 0 Å². The predicted octanol–water partition coefficient (Wildman–Crippen LogP) is 4.31. The number of methoxy groups -OCH3 is 1. The van der Waals surface area contributed by atoms with Crippen molar-refractivity contribution in [1.29, 1.82) is 0 Å². The second kappa shape index (κ2) is 5.27. The highest BCUT2D eigenvalue weighted by Gasteiger charge is 2.34. The lowest BCUT2D eigenvalue weighted by molar-refractivity contribution is 0.172. The molecule has 0 radical (unpaired) electrons. The maximum absolute atomic E-state index is 10.2. The molecule has 0 aromatic heterocycles. The zero-order valence-corrected chi connectivity index (χ0v) is 12.0. The van der Waals surface area contributed by atoms with Gasteiger partial charge in [0.25, 0.3) is 0 Å². The molecule has 1 aliphatic rings. The maximum atomic E-state index is 10.2. The summed E-state index contributed by atoms with van der Waals surface area (Å²) < 4.78 is 5.16. The van der Waals surface area contributed by atoms with Crippen LogP contribution in [0, 0.1) is 0 Å². The molecule has 0 saturated heterocycles. The zero-order chi connectivity index (χ0) is 12.6. The average molecular weight is 293 g/mol. The molecule has 1 heterocycles. The Labute approximate surface area is 115 Å². The van der Waals surface area contributed by atoms with Gasteiger partial charge >= 0.3 is 0 Å². The van der Waals surface area contributed by atoms with Gasteiger partial charge in [0.1, 0.15) is 10.8 Å². The van der Waals surface area contributed by atoms with Crippen LogP contribution in [-0.4, -0.2) is 17.5 Å². The topological polar surface area (TPSA) is 29.5 Å². The van der Waals surface area contributed by atoms with Crippen molar-refractivity contribution in [1.82, 2.24) is 0 Å². The van der Waals surface area contributed by atoms with Gasteiger partial charge in [-0.3, -0.25) is 0 Å². The van der Waals surface area contributed by atoms with Gasteiger partial charge in [-0.25, -0.2) is 0 Å². The van der Waals surface area contributed by atoms with E-state index in [1.54, 1.807) is 24.9 Å². The Balaban J connectivity index is 2.44. The molecule has 0 fully saturated rings. The van der Waals surface area contributed by atoms with Gasteiger partial charge in [0.05, 0.1) is 18.2 Å². The van der Waals surface area contributed by atoms with Gasteiger partial charge in [0, 0.05) is 15.7 Å². The first-order valence-corrected chi connectivity index (χ1v) is 7.14. The summed E-state index contributed by atoms with van der Waals surface area (Å²) in [7, 11) is 1.54. The third-order valence-corrected chi connectivity index (χ3v) is 5.32. The van der Waals surface area contributed by atoms with Gasteiger partial charge in [0.15, 0.2) is 0 Å². The summed E-state index contributed by atoms with van der Waals surface area (Å²) >= 11 is 13.9. The van der Waals surface area contributed by atoms with Crippen molar-refractivity contribution >= 4 is 35.0 Å². The number of fused-ring (bicyclic) bond motifs is 1. The molecule has 1 aromatic carbocycles. The third kappa shape index (κ3) is 2.26. The van der Waals surface area contributed by atoms with Crippen LogP contribution in [-0.2, 0) is 0 Å². The number of aliphatic hydroxyl groups is 1. The summed E-state index contributed by atoms with van der Waals surface area (Å²) in [6.45, 7) is 2.10. The fourth-order valence-corrected chi connectivity index (χ4v) is 4.08. The molecule has 1 aromatic rings. The number of rotatable bonds is 3. The highest BCUT2D eigenvalue weighted by Crippen LogP contribution is 2.53. The lowest BCUT2D eigenvalue weighted by Gasteiger charge is -2.12. The minimum atomic E-state index is -0.487. The van der Waals surface area contributed by atoms with E-state index < -0.39 is 6.10 Å². The number of hydrogen-bond acceptors (Lipinski definition) is 3. The first kappa shape index (κ1) is 13.3. The Morgan fingerprint density at radius 1 is 1.41 bits per heavy atom. The first-order chi connectivity index (χ1) is 8.10. The minimum absolute atomic E-state index is 0.163. The molecule has 94 valence electrons. The zero-order valence-electron chi connectivity index (χ0n) is 9.67. The number of hydrogen-bond donors (Lipinski definition) is 1. The SMILES string of the molecule is CCCC1Sc2c(cc(OC)c(Cl)c2Cl)C1O. The van der Waals surface area contributed by atoms with Crippen LogP contribution in [0.3, 0.4) is 0 Å². The molecular weight excluding hydrogens is 279 g/mol. The van der Waals surface area contributed by atoms with Crippen LogP contribution in [0.1, 0.15) is 31.4 Å². The van der Waals surface area contributed by atoms with Crippen molar-refractivity contribution < 1.29 is 9.84 Å². The van der Waals surface area contributed by atoms with E-state index in [4.69, 9.17) is 27.9 Å². The summed E-state index contributed by atoms with van der Waals surface area (Å²) in [4.78, 5) is 0.892. The second-order valence-corrected chi connectivity index (χ2v) is 6.02. The fraction of sp³-hybridized carbons (Fsp3) is 0.500. The van der Waals surface area contributed by atoms with Crippen LogP contribution in [0.25, 0.3) is 0 Å². The summed E-state index contributed by atoms with van der Waals surface area (Å²) in [5.41, 5.74) is 0.833. The lowest BCUT2D eigenvalue weighted by Crippen LogP contribution is -2.08. The van der Waals surface area contributed by atoms with Crippen LogP contribution < -0.4 is 4.74 Å². The molecule has 1 aliphatic heterocycles. The van der Waals surface area contributed by atoms with Crippen LogP contribution in [0.2, 0.25) is 10.0 Å². The highest BCUT2D eigenvalue weighted by molar-refractivity contribution is 8.00. The van der Waals surface area contributed by atoms with Gasteiger partial charge in [-0.05, 0) is 12.5 Å². The smallest absolute Gasteiger partial charge is 0.139 e. The fourth-order valence-electron chi connectivity index (χ4n) is 2.01. The Hall–Kier alpha value is -0.0900. The summed E-state index contributed by atoms with van der Waals surface area (Å²) in [6.07, 6.45) is 1.50. The monoisotopic (exact) mass is 292 g/mol. The molecule has 5 heteroatoms. The van der Waals surface area contributed by atoms with Crippen molar-refractivity contribution in [2.24, 2.45) is 0 Å². The van der Waals surface area contributed by atoms with Gasteiger partial charge in [-0.2, -0.15) is 0 Å². The average Bonchev–Trinajstić information content (AvgIpc) is 2.62. The van der Waals surface area contributed by atoms with Crippen molar-refractivity contribution in [3.63, 3.8) is 0 Å². The highest BCUT2D eigenvalue weighted by atomic mass is 35.5. The molecule has 1 N–H and O–H groups in total. The first-order valence-electron chi connectivity index (χ1n) is 5.50. The Kier molecular flexibility index (Phi) is 4.14. The molecule has 17 heavy (non-hydrogen) atoms. The van der Waals surface area contributed by atoms with Crippen molar-refractivity contribution in [3.05, 3.63) is 21.7 Å². The number of benzene rings is 1. The van der Waals surface area contributed by atoms with Crippen LogP contribution >= 0.6 is 35.0 Å². The normalized spacial score (nSPS) is 22.6. The van der Waals surface area contributed by atoms with Crippen molar-refractivity contribution in [2.45, 2.75) is 36.0 Å².